The summed E-state index contributed by atoms with van der Waals surface area (Å²) in [6.07, 6.45) is 2.47. The highest BCUT2D eigenvalue weighted by Gasteiger charge is 2.23. The van der Waals surface area contributed by atoms with E-state index in [-0.39, 0.29) is 11.1 Å². The van der Waals surface area contributed by atoms with Crippen LogP contribution in [0.1, 0.15) is 25.8 Å². The van der Waals surface area contributed by atoms with Crippen molar-refractivity contribution in [3.63, 3.8) is 0 Å². The van der Waals surface area contributed by atoms with Gasteiger partial charge in [0, 0.05) is 29.4 Å². The first-order valence-corrected chi connectivity index (χ1v) is 8.98. The van der Waals surface area contributed by atoms with Gasteiger partial charge in [-0.25, -0.2) is 4.98 Å². The summed E-state index contributed by atoms with van der Waals surface area (Å²) < 4.78 is 5.79. The van der Waals surface area contributed by atoms with Crippen molar-refractivity contribution in [3.05, 3.63) is 69.6 Å². The van der Waals surface area contributed by atoms with E-state index in [1.54, 1.807) is 18.3 Å². The lowest BCUT2D eigenvalue weighted by Crippen LogP contribution is -2.47. The van der Waals surface area contributed by atoms with E-state index < -0.39 is 0 Å². The molecule has 0 fully saturated rings. The standard InChI is InChI=1S/C20H22ClN3O2/c1-3-20(2,13-26-19-16(21)8-6-10-22-19)23-12-15-11-14-7-4-5-9-17(14)24-18(15)25/h4-11,23H,3,12-13H2,1-2H3,(H,24,25). The van der Waals surface area contributed by atoms with Crippen LogP contribution in [0.5, 0.6) is 5.88 Å². The van der Waals surface area contributed by atoms with Crippen molar-refractivity contribution in [3.8, 4) is 5.88 Å². The van der Waals surface area contributed by atoms with Crippen LogP contribution in [-0.2, 0) is 6.54 Å². The van der Waals surface area contributed by atoms with Crippen LogP contribution < -0.4 is 15.6 Å². The second-order valence-corrected chi connectivity index (χ2v) is 6.96. The van der Waals surface area contributed by atoms with E-state index in [4.69, 9.17) is 16.3 Å². The van der Waals surface area contributed by atoms with Crippen LogP contribution in [0.3, 0.4) is 0 Å². The van der Waals surface area contributed by atoms with E-state index >= 15 is 0 Å². The Kier molecular flexibility index (Phi) is 5.59. The molecule has 2 N–H and O–H groups in total. The summed E-state index contributed by atoms with van der Waals surface area (Å²) >= 11 is 6.09. The summed E-state index contributed by atoms with van der Waals surface area (Å²) in [4.78, 5) is 19.4. The van der Waals surface area contributed by atoms with Crippen LogP contribution in [-0.4, -0.2) is 22.1 Å². The van der Waals surface area contributed by atoms with Crippen LogP contribution in [0, 0.1) is 0 Å². The van der Waals surface area contributed by atoms with Gasteiger partial charge >= 0.3 is 0 Å². The second kappa shape index (κ2) is 7.89. The lowest BCUT2D eigenvalue weighted by atomic mass is 9.99. The zero-order valence-electron chi connectivity index (χ0n) is 14.9. The minimum atomic E-state index is -0.321. The minimum absolute atomic E-state index is 0.0802. The number of rotatable bonds is 7. The molecule has 6 heteroatoms. The molecule has 0 aliphatic heterocycles. The van der Waals surface area contributed by atoms with E-state index in [0.29, 0.717) is 29.6 Å². The average molecular weight is 372 g/mol. The highest BCUT2D eigenvalue weighted by molar-refractivity contribution is 6.31. The fourth-order valence-corrected chi connectivity index (χ4v) is 2.79. The van der Waals surface area contributed by atoms with Crippen LogP contribution >= 0.6 is 11.6 Å². The van der Waals surface area contributed by atoms with Gasteiger partial charge in [-0.3, -0.25) is 4.79 Å². The smallest absolute Gasteiger partial charge is 0.252 e. The number of hydrogen-bond acceptors (Lipinski definition) is 4. The molecule has 26 heavy (non-hydrogen) atoms. The Bertz CT molecular complexity index is 957. The topological polar surface area (TPSA) is 67.0 Å². The number of hydrogen-bond donors (Lipinski definition) is 2. The van der Waals surface area contributed by atoms with Gasteiger partial charge in [0.25, 0.3) is 5.56 Å². The molecule has 136 valence electrons. The second-order valence-electron chi connectivity index (χ2n) is 6.56. The Morgan fingerprint density at radius 1 is 1.27 bits per heavy atom. The Labute approximate surface area is 157 Å². The number of ether oxygens (including phenoxy) is 1. The van der Waals surface area contributed by atoms with E-state index in [9.17, 15) is 4.79 Å². The van der Waals surface area contributed by atoms with Crippen LogP contribution in [0.25, 0.3) is 10.9 Å². The predicted octanol–water partition coefficient (Wildman–Crippen LogP) is 3.91. The van der Waals surface area contributed by atoms with Crippen molar-refractivity contribution in [1.29, 1.82) is 0 Å². The quantitative estimate of drug-likeness (QED) is 0.660. The molecule has 1 aromatic carbocycles. The molecule has 3 rings (SSSR count). The number of nitrogens with zero attached hydrogens (tertiary/aromatic N) is 1. The van der Waals surface area contributed by atoms with Gasteiger partial charge in [-0.15, -0.1) is 0 Å². The molecular weight excluding hydrogens is 350 g/mol. The molecular formula is C20H22ClN3O2. The lowest BCUT2D eigenvalue weighted by molar-refractivity contribution is 0.182. The summed E-state index contributed by atoms with van der Waals surface area (Å²) in [5.74, 6) is 0.416. The molecule has 0 saturated carbocycles. The normalized spacial score (nSPS) is 13.5. The molecule has 0 amide bonds. The van der Waals surface area contributed by atoms with Crippen molar-refractivity contribution in [2.45, 2.75) is 32.4 Å². The van der Waals surface area contributed by atoms with Crippen LogP contribution in [0.2, 0.25) is 5.02 Å². The molecule has 3 aromatic rings. The van der Waals surface area contributed by atoms with Gasteiger partial charge in [-0.05, 0) is 43.0 Å². The Hall–Kier alpha value is -2.37. The van der Waals surface area contributed by atoms with Gasteiger partial charge in [0.1, 0.15) is 11.6 Å². The first kappa shape index (κ1) is 18.4. The lowest BCUT2D eigenvalue weighted by Gasteiger charge is -2.29. The number of benzene rings is 1. The molecule has 0 spiro atoms. The summed E-state index contributed by atoms with van der Waals surface area (Å²) in [5, 5.41) is 4.94. The molecule has 0 bridgehead atoms. The Balaban J connectivity index is 1.71. The fourth-order valence-electron chi connectivity index (χ4n) is 2.62. The number of H-pyrrole nitrogens is 1. The number of aromatic nitrogens is 2. The van der Waals surface area contributed by atoms with Gasteiger partial charge in [0.05, 0.1) is 0 Å². The van der Waals surface area contributed by atoms with Crippen LogP contribution in [0.4, 0.5) is 0 Å². The number of para-hydroxylation sites is 1. The fraction of sp³-hybridized carbons (Fsp3) is 0.300. The summed E-state index contributed by atoms with van der Waals surface area (Å²) in [7, 11) is 0. The first-order chi connectivity index (χ1) is 12.5. The number of halogens is 1. The van der Waals surface area contributed by atoms with Gasteiger partial charge < -0.3 is 15.0 Å². The molecule has 1 unspecified atom stereocenters. The number of aromatic amines is 1. The first-order valence-electron chi connectivity index (χ1n) is 8.60. The largest absolute Gasteiger partial charge is 0.475 e. The van der Waals surface area contributed by atoms with Crippen molar-refractivity contribution < 1.29 is 4.74 Å². The van der Waals surface area contributed by atoms with Crippen LogP contribution in [0.15, 0.2) is 53.5 Å². The number of nitrogens with one attached hydrogen (secondary N) is 2. The summed E-state index contributed by atoms with van der Waals surface area (Å²) in [6.45, 7) is 4.97. The molecule has 0 radical (unpaired) electrons. The summed E-state index contributed by atoms with van der Waals surface area (Å²) in [6, 6.07) is 13.2. The maximum absolute atomic E-state index is 12.3. The average Bonchev–Trinajstić information content (AvgIpc) is 2.66. The molecule has 0 aliphatic rings. The maximum atomic E-state index is 12.3. The molecule has 2 heterocycles. The molecule has 0 aliphatic carbocycles. The van der Waals surface area contributed by atoms with Gasteiger partial charge in [-0.2, -0.15) is 0 Å². The maximum Gasteiger partial charge on any atom is 0.252 e. The third-order valence-corrected chi connectivity index (χ3v) is 4.86. The van der Waals surface area contributed by atoms with Crippen molar-refractivity contribution in [2.24, 2.45) is 0 Å². The zero-order chi connectivity index (χ0) is 18.6. The predicted molar refractivity (Wildman–Crippen MR) is 105 cm³/mol. The van der Waals surface area contributed by atoms with E-state index in [0.717, 1.165) is 17.3 Å². The SMILES string of the molecule is CCC(C)(COc1ncccc1Cl)NCc1cc2ccccc2[nH]c1=O. The Morgan fingerprint density at radius 2 is 2.08 bits per heavy atom. The van der Waals surface area contributed by atoms with E-state index in [1.165, 1.54) is 0 Å². The van der Waals surface area contributed by atoms with Gasteiger partial charge in [0.2, 0.25) is 5.88 Å². The van der Waals surface area contributed by atoms with E-state index in [2.05, 4.69) is 29.1 Å². The highest BCUT2D eigenvalue weighted by Crippen LogP contribution is 2.22. The molecule has 5 nitrogen and oxygen atoms in total. The van der Waals surface area contributed by atoms with Crippen molar-refractivity contribution in [2.75, 3.05) is 6.61 Å². The monoisotopic (exact) mass is 371 g/mol. The van der Waals surface area contributed by atoms with E-state index in [1.807, 2.05) is 30.3 Å². The zero-order valence-corrected chi connectivity index (χ0v) is 15.6. The molecule has 1 atom stereocenters. The summed E-state index contributed by atoms with van der Waals surface area (Å²) in [5.41, 5.74) is 1.13. The molecule has 2 aromatic heterocycles. The van der Waals surface area contributed by atoms with Gasteiger partial charge in [0.15, 0.2) is 0 Å². The van der Waals surface area contributed by atoms with Gasteiger partial charge in [-0.1, -0.05) is 36.7 Å². The van der Waals surface area contributed by atoms with Crippen molar-refractivity contribution in [1.82, 2.24) is 15.3 Å². The third kappa shape index (κ3) is 4.23. The Morgan fingerprint density at radius 3 is 2.85 bits per heavy atom. The number of fused-ring (bicyclic) bond motifs is 1. The highest BCUT2D eigenvalue weighted by atomic mass is 35.5. The third-order valence-electron chi connectivity index (χ3n) is 4.57. The number of pyridine rings is 2. The molecule has 0 saturated heterocycles. The minimum Gasteiger partial charge on any atom is -0.475 e. The van der Waals surface area contributed by atoms with Crippen molar-refractivity contribution >= 4 is 22.5 Å².